The molecule has 4 aromatic rings. The third-order valence-corrected chi connectivity index (χ3v) is 7.13. The van der Waals surface area contributed by atoms with Gasteiger partial charge in [-0.3, -0.25) is 0 Å². The van der Waals surface area contributed by atoms with E-state index in [1.165, 1.54) is 44.2 Å². The molecule has 0 amide bonds. The second-order valence-corrected chi connectivity index (χ2v) is 9.06. The maximum atomic E-state index is 6.44. The van der Waals surface area contributed by atoms with E-state index < -0.39 is 0 Å². The minimum absolute atomic E-state index is 0.144. The molecule has 2 unspecified atom stereocenters. The van der Waals surface area contributed by atoms with Crippen molar-refractivity contribution in [3.8, 4) is 5.75 Å². The molecule has 1 N–H and O–H groups in total. The summed E-state index contributed by atoms with van der Waals surface area (Å²) < 4.78 is 6.44. The Labute approximate surface area is 191 Å². The quantitative estimate of drug-likeness (QED) is 0.381. The molecule has 0 saturated carbocycles. The van der Waals surface area contributed by atoms with Gasteiger partial charge in [0.25, 0.3) is 0 Å². The van der Waals surface area contributed by atoms with Gasteiger partial charge in [0.05, 0.1) is 0 Å². The summed E-state index contributed by atoms with van der Waals surface area (Å²) in [6.45, 7) is 8.38. The summed E-state index contributed by atoms with van der Waals surface area (Å²) in [5.74, 6) is 1.39. The number of benzene rings is 4. The fourth-order valence-electron chi connectivity index (χ4n) is 5.08. The number of aryl methyl sites for hydroxylation is 1. The average Bonchev–Trinajstić information content (AvgIpc) is 2.82. The van der Waals surface area contributed by atoms with E-state index in [9.17, 15) is 0 Å². The van der Waals surface area contributed by atoms with Crippen LogP contribution in [0.15, 0.2) is 78.9 Å². The smallest absolute Gasteiger partial charge is 0.123 e. The summed E-state index contributed by atoms with van der Waals surface area (Å²) in [4.78, 5) is 0. The van der Waals surface area contributed by atoms with Gasteiger partial charge in [-0.1, -0.05) is 72.8 Å². The molecule has 0 saturated heterocycles. The first-order chi connectivity index (χ1) is 15.6. The molecule has 0 fully saturated rings. The fraction of sp³-hybridized carbons (Fsp3) is 0.267. The van der Waals surface area contributed by atoms with Crippen molar-refractivity contribution in [1.29, 1.82) is 0 Å². The molecule has 2 atom stereocenters. The Morgan fingerprint density at radius 1 is 0.781 bits per heavy atom. The van der Waals surface area contributed by atoms with E-state index in [0.29, 0.717) is 5.92 Å². The number of ether oxygens (including phenoxy) is 1. The molecule has 2 nitrogen and oxygen atoms in total. The molecule has 1 aliphatic heterocycles. The van der Waals surface area contributed by atoms with Crippen molar-refractivity contribution in [2.45, 2.75) is 45.8 Å². The summed E-state index contributed by atoms with van der Waals surface area (Å²) in [6, 6.07) is 28.3. The predicted molar refractivity (Wildman–Crippen MR) is 134 cm³/mol. The SMILES string of the molecule is Cc1ccc(C2CC(CNCc3cccc4ccccc34)Oc3ccccc32)c(C)c1C. The molecule has 162 valence electrons. The van der Waals surface area contributed by atoms with Crippen LogP contribution in [0.25, 0.3) is 10.8 Å². The highest BCUT2D eigenvalue weighted by molar-refractivity contribution is 5.85. The number of hydrogen-bond acceptors (Lipinski definition) is 2. The fourth-order valence-corrected chi connectivity index (χ4v) is 5.08. The molecule has 2 heteroatoms. The summed E-state index contributed by atoms with van der Waals surface area (Å²) in [5.41, 5.74) is 8.25. The summed E-state index contributed by atoms with van der Waals surface area (Å²) in [6.07, 6.45) is 1.13. The van der Waals surface area contributed by atoms with Crippen LogP contribution in [-0.2, 0) is 6.54 Å². The Kier molecular flexibility index (Phi) is 5.71. The van der Waals surface area contributed by atoms with Gasteiger partial charge in [-0.25, -0.2) is 0 Å². The van der Waals surface area contributed by atoms with E-state index in [0.717, 1.165) is 25.3 Å². The lowest BCUT2D eigenvalue weighted by Gasteiger charge is -2.34. The van der Waals surface area contributed by atoms with E-state index in [-0.39, 0.29) is 6.10 Å². The Hall–Kier alpha value is -3.10. The second kappa shape index (κ2) is 8.80. The van der Waals surface area contributed by atoms with Crippen LogP contribution in [0.2, 0.25) is 0 Å². The maximum absolute atomic E-state index is 6.44. The van der Waals surface area contributed by atoms with Gasteiger partial charge in [0.1, 0.15) is 11.9 Å². The van der Waals surface area contributed by atoms with E-state index in [1.54, 1.807) is 0 Å². The summed E-state index contributed by atoms with van der Waals surface area (Å²) >= 11 is 0. The van der Waals surface area contributed by atoms with Crippen LogP contribution in [0, 0.1) is 20.8 Å². The monoisotopic (exact) mass is 421 g/mol. The lowest BCUT2D eigenvalue weighted by molar-refractivity contribution is 0.162. The first kappa shape index (κ1) is 20.8. The molecule has 0 aliphatic carbocycles. The standard InChI is InChI=1S/C30H31NO/c1-20-15-16-26(22(3)21(20)2)29-17-25(32-30-14-7-6-13-28(29)30)19-31-18-24-11-8-10-23-9-4-5-12-27(23)24/h4-16,25,29,31H,17-19H2,1-3H3. The molecule has 0 radical (unpaired) electrons. The molecule has 4 aromatic carbocycles. The number of rotatable bonds is 5. The third-order valence-electron chi connectivity index (χ3n) is 7.13. The molecule has 32 heavy (non-hydrogen) atoms. The van der Waals surface area contributed by atoms with Crippen molar-refractivity contribution >= 4 is 10.8 Å². The lowest BCUT2D eigenvalue weighted by atomic mass is 9.80. The van der Waals surface area contributed by atoms with Crippen molar-refractivity contribution in [3.05, 3.63) is 112 Å². The Morgan fingerprint density at radius 2 is 1.56 bits per heavy atom. The molecule has 1 aliphatic rings. The number of para-hydroxylation sites is 1. The minimum atomic E-state index is 0.144. The highest BCUT2D eigenvalue weighted by Gasteiger charge is 2.30. The van der Waals surface area contributed by atoms with E-state index in [2.05, 4.69) is 105 Å². The highest BCUT2D eigenvalue weighted by Crippen LogP contribution is 2.42. The zero-order chi connectivity index (χ0) is 22.1. The maximum Gasteiger partial charge on any atom is 0.123 e. The first-order valence-corrected chi connectivity index (χ1v) is 11.6. The minimum Gasteiger partial charge on any atom is -0.489 e. The Bertz CT molecular complexity index is 1250. The Morgan fingerprint density at radius 3 is 2.47 bits per heavy atom. The van der Waals surface area contributed by atoms with Crippen LogP contribution in [0.3, 0.4) is 0 Å². The molecule has 5 rings (SSSR count). The number of fused-ring (bicyclic) bond motifs is 2. The van der Waals surface area contributed by atoms with Gasteiger partial charge in [0.15, 0.2) is 0 Å². The molecule has 1 heterocycles. The van der Waals surface area contributed by atoms with Crippen molar-refractivity contribution in [2.24, 2.45) is 0 Å². The number of nitrogens with one attached hydrogen (secondary N) is 1. The molecule has 0 bridgehead atoms. The van der Waals surface area contributed by atoms with Gasteiger partial charge in [-0.2, -0.15) is 0 Å². The molecule has 0 spiro atoms. The Balaban J connectivity index is 1.36. The largest absolute Gasteiger partial charge is 0.489 e. The summed E-state index contributed by atoms with van der Waals surface area (Å²) in [7, 11) is 0. The topological polar surface area (TPSA) is 21.3 Å². The highest BCUT2D eigenvalue weighted by atomic mass is 16.5. The molecular formula is C30H31NO. The van der Waals surface area contributed by atoms with Crippen LogP contribution in [0.1, 0.15) is 45.7 Å². The van der Waals surface area contributed by atoms with Gasteiger partial charge in [0.2, 0.25) is 0 Å². The average molecular weight is 422 g/mol. The van der Waals surface area contributed by atoms with Crippen LogP contribution < -0.4 is 10.1 Å². The summed E-state index contributed by atoms with van der Waals surface area (Å²) in [5, 5.41) is 6.29. The van der Waals surface area contributed by atoms with Crippen LogP contribution >= 0.6 is 0 Å². The normalized spacial score (nSPS) is 17.7. The lowest BCUT2D eigenvalue weighted by Crippen LogP contribution is -2.35. The molecule has 0 aromatic heterocycles. The number of hydrogen-bond donors (Lipinski definition) is 1. The predicted octanol–water partition coefficient (Wildman–Crippen LogP) is 6.84. The van der Waals surface area contributed by atoms with Gasteiger partial charge >= 0.3 is 0 Å². The van der Waals surface area contributed by atoms with E-state index in [1.807, 2.05) is 0 Å². The van der Waals surface area contributed by atoms with E-state index in [4.69, 9.17) is 4.74 Å². The van der Waals surface area contributed by atoms with Crippen molar-refractivity contribution in [2.75, 3.05) is 6.54 Å². The zero-order valence-electron chi connectivity index (χ0n) is 19.2. The first-order valence-electron chi connectivity index (χ1n) is 11.6. The third kappa shape index (κ3) is 3.91. The van der Waals surface area contributed by atoms with Gasteiger partial charge in [-0.05, 0) is 71.8 Å². The second-order valence-electron chi connectivity index (χ2n) is 9.06. The van der Waals surface area contributed by atoms with Crippen molar-refractivity contribution < 1.29 is 4.74 Å². The van der Waals surface area contributed by atoms with Gasteiger partial charge in [-0.15, -0.1) is 0 Å². The van der Waals surface area contributed by atoms with Gasteiger partial charge < -0.3 is 10.1 Å². The zero-order valence-corrected chi connectivity index (χ0v) is 19.2. The van der Waals surface area contributed by atoms with Crippen LogP contribution in [0.5, 0.6) is 5.75 Å². The molecular weight excluding hydrogens is 390 g/mol. The van der Waals surface area contributed by atoms with Crippen molar-refractivity contribution in [3.63, 3.8) is 0 Å². The van der Waals surface area contributed by atoms with Gasteiger partial charge in [0, 0.05) is 24.6 Å². The van der Waals surface area contributed by atoms with E-state index >= 15 is 0 Å². The van der Waals surface area contributed by atoms with Crippen LogP contribution in [0.4, 0.5) is 0 Å². The van der Waals surface area contributed by atoms with Crippen LogP contribution in [-0.4, -0.2) is 12.6 Å². The van der Waals surface area contributed by atoms with Crippen molar-refractivity contribution in [1.82, 2.24) is 5.32 Å².